The van der Waals surface area contributed by atoms with E-state index in [0.29, 0.717) is 10.3 Å². The molecule has 0 aliphatic rings. The average Bonchev–Trinajstić information content (AvgIpc) is 2.63. The molecule has 0 spiro atoms. The standard InChI is InChI=1S/C12H11BrN2OS/c1-7-6-10(17-8(7)2)12(16)15-9-4-3-5-14-11(9)13/h3-6H,1-2H3,(H,15,16). The van der Waals surface area contributed by atoms with Crippen molar-refractivity contribution in [3.05, 3.63) is 44.3 Å². The number of aryl methyl sites for hydroxylation is 2. The van der Waals surface area contributed by atoms with Crippen molar-refractivity contribution in [2.75, 3.05) is 5.32 Å². The Morgan fingerprint density at radius 1 is 1.47 bits per heavy atom. The van der Waals surface area contributed by atoms with E-state index in [1.54, 1.807) is 12.3 Å². The van der Waals surface area contributed by atoms with Gasteiger partial charge in [0.05, 0.1) is 10.6 Å². The predicted molar refractivity (Wildman–Crippen MR) is 73.7 cm³/mol. The van der Waals surface area contributed by atoms with Crippen LogP contribution in [0.1, 0.15) is 20.1 Å². The van der Waals surface area contributed by atoms with Crippen molar-refractivity contribution in [2.45, 2.75) is 13.8 Å². The summed E-state index contributed by atoms with van der Waals surface area (Å²) in [6, 6.07) is 5.49. The van der Waals surface area contributed by atoms with Gasteiger partial charge in [-0.25, -0.2) is 4.98 Å². The van der Waals surface area contributed by atoms with Gasteiger partial charge in [0.25, 0.3) is 5.91 Å². The molecular formula is C12H11BrN2OS. The first-order valence-corrected chi connectivity index (χ1v) is 6.68. The second-order valence-corrected chi connectivity index (χ2v) is 5.65. The fraction of sp³-hybridized carbons (Fsp3) is 0.167. The first-order chi connectivity index (χ1) is 8.08. The highest BCUT2D eigenvalue weighted by Crippen LogP contribution is 2.23. The van der Waals surface area contributed by atoms with Crippen LogP contribution in [0.3, 0.4) is 0 Å². The van der Waals surface area contributed by atoms with Crippen molar-refractivity contribution in [3.63, 3.8) is 0 Å². The average molecular weight is 311 g/mol. The maximum atomic E-state index is 12.0. The van der Waals surface area contributed by atoms with Gasteiger partial charge in [-0.3, -0.25) is 4.79 Å². The molecule has 3 nitrogen and oxygen atoms in total. The molecule has 1 N–H and O–H groups in total. The van der Waals surface area contributed by atoms with Crippen LogP contribution in [0.2, 0.25) is 0 Å². The van der Waals surface area contributed by atoms with E-state index in [1.165, 1.54) is 16.2 Å². The molecule has 0 saturated carbocycles. The molecule has 0 aromatic carbocycles. The second kappa shape index (κ2) is 4.98. The molecule has 0 atom stereocenters. The van der Waals surface area contributed by atoms with Crippen LogP contribution in [0.4, 0.5) is 5.69 Å². The van der Waals surface area contributed by atoms with Gasteiger partial charge in [-0.1, -0.05) is 0 Å². The third kappa shape index (κ3) is 2.73. The Hall–Kier alpha value is -1.20. The van der Waals surface area contributed by atoms with E-state index in [2.05, 4.69) is 26.2 Å². The number of anilines is 1. The summed E-state index contributed by atoms with van der Waals surface area (Å²) in [5.74, 6) is -0.0973. The maximum Gasteiger partial charge on any atom is 0.265 e. The number of rotatable bonds is 2. The van der Waals surface area contributed by atoms with E-state index in [1.807, 2.05) is 26.0 Å². The van der Waals surface area contributed by atoms with E-state index in [4.69, 9.17) is 0 Å². The molecule has 17 heavy (non-hydrogen) atoms. The lowest BCUT2D eigenvalue weighted by Crippen LogP contribution is -2.10. The van der Waals surface area contributed by atoms with Crippen molar-refractivity contribution in [2.24, 2.45) is 0 Å². The SMILES string of the molecule is Cc1cc(C(=O)Nc2cccnc2Br)sc1C. The van der Waals surface area contributed by atoms with Gasteiger partial charge < -0.3 is 5.32 Å². The minimum absolute atomic E-state index is 0.0973. The molecule has 0 unspecified atom stereocenters. The number of hydrogen-bond donors (Lipinski definition) is 1. The summed E-state index contributed by atoms with van der Waals surface area (Å²) < 4.78 is 0.637. The molecular weight excluding hydrogens is 300 g/mol. The predicted octanol–water partition coefficient (Wildman–Crippen LogP) is 3.77. The third-order valence-corrected chi connectivity index (χ3v) is 4.18. The highest BCUT2D eigenvalue weighted by atomic mass is 79.9. The number of nitrogens with one attached hydrogen (secondary N) is 1. The Bertz CT molecular complexity index is 546. The largest absolute Gasteiger partial charge is 0.319 e. The van der Waals surface area contributed by atoms with Crippen LogP contribution in [0.15, 0.2) is 29.0 Å². The van der Waals surface area contributed by atoms with Crippen LogP contribution >= 0.6 is 27.3 Å². The number of halogens is 1. The first-order valence-electron chi connectivity index (χ1n) is 5.07. The molecule has 2 rings (SSSR count). The maximum absolute atomic E-state index is 12.0. The minimum atomic E-state index is -0.0973. The van der Waals surface area contributed by atoms with Gasteiger partial charge in [-0.05, 0) is 53.5 Å². The monoisotopic (exact) mass is 310 g/mol. The van der Waals surface area contributed by atoms with Crippen LogP contribution in [0.5, 0.6) is 0 Å². The normalized spacial score (nSPS) is 10.3. The molecule has 2 aromatic rings. The number of aromatic nitrogens is 1. The lowest BCUT2D eigenvalue weighted by molar-refractivity contribution is 0.103. The molecule has 2 heterocycles. The van der Waals surface area contributed by atoms with Crippen LogP contribution in [-0.4, -0.2) is 10.9 Å². The molecule has 1 amide bonds. The quantitative estimate of drug-likeness (QED) is 0.858. The van der Waals surface area contributed by atoms with Gasteiger partial charge >= 0.3 is 0 Å². The minimum Gasteiger partial charge on any atom is -0.319 e. The molecule has 0 radical (unpaired) electrons. The van der Waals surface area contributed by atoms with Crippen LogP contribution in [0, 0.1) is 13.8 Å². The van der Waals surface area contributed by atoms with Gasteiger partial charge in [0.2, 0.25) is 0 Å². The summed E-state index contributed by atoms with van der Waals surface area (Å²) >= 11 is 4.79. The van der Waals surface area contributed by atoms with E-state index in [-0.39, 0.29) is 5.91 Å². The smallest absolute Gasteiger partial charge is 0.265 e. The third-order valence-electron chi connectivity index (χ3n) is 2.40. The second-order valence-electron chi connectivity index (χ2n) is 3.65. The molecule has 0 fully saturated rings. The summed E-state index contributed by atoms with van der Waals surface area (Å²) in [5.41, 5.74) is 1.83. The highest BCUT2D eigenvalue weighted by molar-refractivity contribution is 9.10. The molecule has 0 aliphatic carbocycles. The number of carbonyl (C=O) groups is 1. The van der Waals surface area contributed by atoms with Crippen molar-refractivity contribution in [1.82, 2.24) is 4.98 Å². The first kappa shape index (κ1) is 12.3. The lowest BCUT2D eigenvalue weighted by atomic mass is 10.3. The Morgan fingerprint density at radius 2 is 2.24 bits per heavy atom. The van der Waals surface area contributed by atoms with E-state index >= 15 is 0 Å². The van der Waals surface area contributed by atoms with Crippen LogP contribution in [0.25, 0.3) is 0 Å². The molecule has 88 valence electrons. The van der Waals surface area contributed by atoms with Gasteiger partial charge in [-0.15, -0.1) is 11.3 Å². The van der Waals surface area contributed by atoms with Gasteiger partial charge in [0, 0.05) is 11.1 Å². The van der Waals surface area contributed by atoms with E-state index in [9.17, 15) is 4.79 Å². The fourth-order valence-corrected chi connectivity index (χ4v) is 2.63. The lowest BCUT2D eigenvalue weighted by Gasteiger charge is -2.04. The van der Waals surface area contributed by atoms with Gasteiger partial charge in [0.1, 0.15) is 4.60 Å². The molecule has 0 aliphatic heterocycles. The summed E-state index contributed by atoms with van der Waals surface area (Å²) in [4.78, 5) is 17.9. The number of hydrogen-bond acceptors (Lipinski definition) is 3. The van der Waals surface area contributed by atoms with Crippen LogP contribution < -0.4 is 5.32 Å². The summed E-state index contributed by atoms with van der Waals surface area (Å²) in [6.45, 7) is 4.01. The van der Waals surface area contributed by atoms with E-state index in [0.717, 1.165) is 10.4 Å². The topological polar surface area (TPSA) is 42.0 Å². The summed E-state index contributed by atoms with van der Waals surface area (Å²) in [5, 5.41) is 2.83. The Morgan fingerprint density at radius 3 is 2.82 bits per heavy atom. The van der Waals surface area contributed by atoms with E-state index < -0.39 is 0 Å². The summed E-state index contributed by atoms with van der Waals surface area (Å²) in [6.07, 6.45) is 1.67. The number of amides is 1. The highest BCUT2D eigenvalue weighted by Gasteiger charge is 2.12. The van der Waals surface area contributed by atoms with Crippen molar-refractivity contribution < 1.29 is 4.79 Å². The Balaban J connectivity index is 2.20. The van der Waals surface area contributed by atoms with Gasteiger partial charge in [-0.2, -0.15) is 0 Å². The fourth-order valence-electron chi connectivity index (χ4n) is 1.35. The number of pyridine rings is 1. The van der Waals surface area contributed by atoms with Crippen molar-refractivity contribution in [3.8, 4) is 0 Å². The van der Waals surface area contributed by atoms with Gasteiger partial charge in [0.15, 0.2) is 0 Å². The zero-order valence-corrected chi connectivity index (χ0v) is 11.9. The molecule has 0 saturated heterocycles. The van der Waals surface area contributed by atoms with Crippen molar-refractivity contribution in [1.29, 1.82) is 0 Å². The zero-order chi connectivity index (χ0) is 12.4. The number of nitrogens with zero attached hydrogens (tertiary/aromatic N) is 1. The molecule has 0 bridgehead atoms. The zero-order valence-electron chi connectivity index (χ0n) is 9.45. The number of thiophene rings is 1. The Labute approximate surface area is 112 Å². The summed E-state index contributed by atoms with van der Waals surface area (Å²) in [7, 11) is 0. The van der Waals surface area contributed by atoms with Crippen molar-refractivity contribution >= 4 is 38.9 Å². The number of carbonyl (C=O) groups excluding carboxylic acids is 1. The molecule has 2 aromatic heterocycles. The molecule has 5 heteroatoms. The Kier molecular flexibility index (Phi) is 3.59. The van der Waals surface area contributed by atoms with Crippen LogP contribution in [-0.2, 0) is 0 Å².